The summed E-state index contributed by atoms with van der Waals surface area (Å²) in [4.78, 5) is 11.3. The number of para-hydroxylation sites is 1. The predicted octanol–water partition coefficient (Wildman–Crippen LogP) is 0.716. The number of anilines is 1. The highest BCUT2D eigenvalue weighted by molar-refractivity contribution is 5.76. The van der Waals surface area contributed by atoms with E-state index in [1.165, 1.54) is 0 Å². The van der Waals surface area contributed by atoms with Crippen LogP contribution in [0.1, 0.15) is 12.0 Å². The third kappa shape index (κ3) is 2.73. The molecule has 1 aliphatic heterocycles. The summed E-state index contributed by atoms with van der Waals surface area (Å²) in [6, 6.07) is 7.73. The fourth-order valence-corrected chi connectivity index (χ4v) is 1.83. The van der Waals surface area contributed by atoms with Crippen LogP contribution in [0.2, 0.25) is 0 Å². The van der Waals surface area contributed by atoms with Crippen molar-refractivity contribution in [1.82, 2.24) is 5.32 Å². The summed E-state index contributed by atoms with van der Waals surface area (Å²) in [5.41, 5.74) is 7.68. The minimum atomic E-state index is 0.0275. The molecule has 1 aromatic rings. The van der Waals surface area contributed by atoms with E-state index in [9.17, 15) is 4.79 Å². The first-order valence-electron chi connectivity index (χ1n) is 5.46. The molecule has 4 nitrogen and oxygen atoms in total. The first-order chi connectivity index (χ1) is 7.75. The van der Waals surface area contributed by atoms with Gasteiger partial charge in [0.1, 0.15) is 0 Å². The molecular weight excluding hydrogens is 204 g/mol. The van der Waals surface area contributed by atoms with Gasteiger partial charge in [-0.25, -0.2) is 0 Å². The number of nitrogen functional groups attached to an aromatic ring is 1. The van der Waals surface area contributed by atoms with Crippen LogP contribution in [0, 0.1) is 0 Å². The van der Waals surface area contributed by atoms with Crippen molar-refractivity contribution in [2.24, 2.45) is 0 Å². The highest BCUT2D eigenvalue weighted by atomic mass is 16.5. The van der Waals surface area contributed by atoms with E-state index in [0.29, 0.717) is 19.6 Å². The number of nitrogens with one attached hydrogen (secondary N) is 1. The topological polar surface area (TPSA) is 64.3 Å². The Morgan fingerprint density at radius 2 is 2.25 bits per heavy atom. The second-order valence-corrected chi connectivity index (χ2v) is 3.99. The first-order valence-corrected chi connectivity index (χ1v) is 5.46. The summed E-state index contributed by atoms with van der Waals surface area (Å²) in [5.74, 6) is 0.0528. The first kappa shape index (κ1) is 11.0. The Hall–Kier alpha value is -1.55. The summed E-state index contributed by atoms with van der Waals surface area (Å²) in [6.45, 7) is 1.06. The summed E-state index contributed by atoms with van der Waals surface area (Å²) < 4.78 is 5.37. The maximum Gasteiger partial charge on any atom is 0.222 e. The van der Waals surface area contributed by atoms with Gasteiger partial charge in [-0.2, -0.15) is 0 Å². The van der Waals surface area contributed by atoms with Crippen LogP contribution in [-0.2, 0) is 16.0 Å². The molecule has 0 radical (unpaired) electrons. The van der Waals surface area contributed by atoms with Crippen LogP contribution < -0.4 is 11.1 Å². The Bertz CT molecular complexity index is 379. The molecule has 1 aliphatic rings. The van der Waals surface area contributed by atoms with Crippen molar-refractivity contribution in [1.29, 1.82) is 0 Å². The van der Waals surface area contributed by atoms with Gasteiger partial charge in [-0.15, -0.1) is 0 Å². The Balaban J connectivity index is 2.03. The molecule has 0 aromatic heterocycles. The molecule has 1 amide bonds. The number of carbonyl (C=O) groups excluding carboxylic acids is 1. The lowest BCUT2D eigenvalue weighted by Gasteiger charge is -2.16. The van der Waals surface area contributed by atoms with Crippen molar-refractivity contribution >= 4 is 11.6 Å². The largest absolute Gasteiger partial charge is 0.399 e. The number of amides is 1. The second kappa shape index (κ2) is 4.99. The van der Waals surface area contributed by atoms with Gasteiger partial charge >= 0.3 is 0 Å². The minimum absolute atomic E-state index is 0.0275. The molecule has 1 heterocycles. The van der Waals surface area contributed by atoms with Gasteiger partial charge in [-0.1, -0.05) is 18.2 Å². The zero-order chi connectivity index (χ0) is 11.4. The predicted molar refractivity (Wildman–Crippen MR) is 61.9 cm³/mol. The van der Waals surface area contributed by atoms with E-state index in [4.69, 9.17) is 10.5 Å². The quantitative estimate of drug-likeness (QED) is 0.722. The number of nitrogens with two attached hydrogens (primary N) is 1. The van der Waals surface area contributed by atoms with Crippen LogP contribution in [-0.4, -0.2) is 25.2 Å². The lowest BCUT2D eigenvalue weighted by atomic mass is 10.0. The molecule has 2 rings (SSSR count). The van der Waals surface area contributed by atoms with Crippen molar-refractivity contribution in [2.45, 2.75) is 18.9 Å². The maximum atomic E-state index is 11.3. The van der Waals surface area contributed by atoms with Gasteiger partial charge in [0.05, 0.1) is 19.3 Å². The van der Waals surface area contributed by atoms with Crippen molar-refractivity contribution in [3.8, 4) is 0 Å². The fraction of sp³-hybridized carbons (Fsp3) is 0.417. The Kier molecular flexibility index (Phi) is 3.41. The van der Waals surface area contributed by atoms with Crippen LogP contribution in [0.3, 0.4) is 0 Å². The molecule has 86 valence electrons. The van der Waals surface area contributed by atoms with E-state index in [0.717, 1.165) is 17.7 Å². The average Bonchev–Trinajstić information content (AvgIpc) is 2.46. The molecule has 0 aliphatic carbocycles. The van der Waals surface area contributed by atoms with Crippen LogP contribution in [0.5, 0.6) is 0 Å². The molecule has 0 bridgehead atoms. The molecule has 16 heavy (non-hydrogen) atoms. The molecule has 0 saturated carbocycles. The number of hydrogen-bond donors (Lipinski definition) is 2. The van der Waals surface area contributed by atoms with Gasteiger partial charge < -0.3 is 15.8 Å². The molecule has 1 saturated heterocycles. The highest BCUT2D eigenvalue weighted by Crippen LogP contribution is 2.13. The van der Waals surface area contributed by atoms with Gasteiger partial charge in [0.15, 0.2) is 0 Å². The summed E-state index contributed by atoms with van der Waals surface area (Å²) in [7, 11) is 0. The van der Waals surface area contributed by atoms with Crippen molar-refractivity contribution in [3.05, 3.63) is 29.8 Å². The Morgan fingerprint density at radius 1 is 1.44 bits per heavy atom. The molecule has 1 atom stereocenters. The van der Waals surface area contributed by atoms with Crippen LogP contribution in [0.25, 0.3) is 0 Å². The highest BCUT2D eigenvalue weighted by Gasteiger charge is 2.17. The van der Waals surface area contributed by atoms with E-state index in [1.54, 1.807) is 0 Å². The van der Waals surface area contributed by atoms with Crippen molar-refractivity contribution in [2.75, 3.05) is 18.9 Å². The van der Waals surface area contributed by atoms with Crippen LogP contribution >= 0.6 is 0 Å². The van der Waals surface area contributed by atoms with E-state index < -0.39 is 0 Å². The molecule has 1 unspecified atom stereocenters. The number of rotatable bonds is 2. The molecule has 0 spiro atoms. The Morgan fingerprint density at radius 3 is 3.06 bits per heavy atom. The van der Waals surface area contributed by atoms with Crippen LogP contribution in [0.4, 0.5) is 5.69 Å². The van der Waals surface area contributed by atoms with Gasteiger partial charge in [0, 0.05) is 12.1 Å². The standard InChI is InChI=1S/C12H16N2O2/c13-11-4-2-1-3-9(11)7-10-8-16-6-5-12(15)14-10/h1-4,10H,5-8,13H2,(H,14,15). The molecule has 1 aromatic carbocycles. The number of benzene rings is 1. The van der Waals surface area contributed by atoms with E-state index >= 15 is 0 Å². The SMILES string of the molecule is Nc1ccccc1CC1COCCC(=O)N1. The van der Waals surface area contributed by atoms with E-state index in [1.807, 2.05) is 24.3 Å². The molecular formula is C12H16N2O2. The van der Waals surface area contributed by atoms with Crippen molar-refractivity contribution in [3.63, 3.8) is 0 Å². The zero-order valence-corrected chi connectivity index (χ0v) is 9.11. The zero-order valence-electron chi connectivity index (χ0n) is 9.11. The second-order valence-electron chi connectivity index (χ2n) is 3.99. The normalized spacial score (nSPS) is 21.2. The lowest BCUT2D eigenvalue weighted by molar-refractivity contribution is -0.121. The summed E-state index contributed by atoms with van der Waals surface area (Å²) >= 11 is 0. The van der Waals surface area contributed by atoms with Gasteiger partial charge in [-0.05, 0) is 18.1 Å². The molecule has 4 heteroatoms. The summed E-state index contributed by atoms with van der Waals surface area (Å²) in [6.07, 6.45) is 1.17. The smallest absolute Gasteiger partial charge is 0.222 e. The average molecular weight is 220 g/mol. The van der Waals surface area contributed by atoms with Gasteiger partial charge in [0.2, 0.25) is 5.91 Å². The molecule has 1 fully saturated rings. The van der Waals surface area contributed by atoms with E-state index in [2.05, 4.69) is 5.32 Å². The van der Waals surface area contributed by atoms with Gasteiger partial charge in [-0.3, -0.25) is 4.79 Å². The van der Waals surface area contributed by atoms with E-state index in [-0.39, 0.29) is 11.9 Å². The fourth-order valence-electron chi connectivity index (χ4n) is 1.83. The third-order valence-electron chi connectivity index (χ3n) is 2.68. The Labute approximate surface area is 94.8 Å². The molecule has 3 N–H and O–H groups in total. The maximum absolute atomic E-state index is 11.3. The number of ether oxygens (including phenoxy) is 1. The monoisotopic (exact) mass is 220 g/mol. The number of hydrogen-bond acceptors (Lipinski definition) is 3. The number of carbonyl (C=O) groups is 1. The van der Waals surface area contributed by atoms with Crippen molar-refractivity contribution < 1.29 is 9.53 Å². The van der Waals surface area contributed by atoms with Crippen LogP contribution in [0.15, 0.2) is 24.3 Å². The lowest BCUT2D eigenvalue weighted by Crippen LogP contribution is -2.37. The third-order valence-corrected chi connectivity index (χ3v) is 2.68. The minimum Gasteiger partial charge on any atom is -0.399 e. The van der Waals surface area contributed by atoms with Gasteiger partial charge in [0.25, 0.3) is 0 Å². The summed E-state index contributed by atoms with van der Waals surface area (Å²) in [5, 5.41) is 2.94.